The molecule has 3 heteroatoms. The third kappa shape index (κ3) is 2.49. The lowest BCUT2D eigenvalue weighted by Gasteiger charge is -2.01. The molecule has 0 saturated heterocycles. The molecule has 0 atom stereocenters. The molecule has 1 aromatic heterocycles. The Kier molecular flexibility index (Phi) is 2.90. The van der Waals surface area contributed by atoms with E-state index >= 15 is 0 Å². The third-order valence-corrected chi connectivity index (χ3v) is 2.58. The fourth-order valence-electron chi connectivity index (χ4n) is 1.81. The summed E-state index contributed by atoms with van der Waals surface area (Å²) in [5.41, 5.74) is 1.80. The van der Waals surface area contributed by atoms with Crippen LogP contribution in [0.15, 0.2) is 23.9 Å². The first-order valence-corrected chi connectivity index (χ1v) is 5.26. The van der Waals surface area contributed by atoms with Gasteiger partial charge < -0.3 is 0 Å². The highest BCUT2D eigenvalue weighted by molar-refractivity contribution is 5.95. The van der Waals surface area contributed by atoms with E-state index in [9.17, 15) is 4.79 Å². The van der Waals surface area contributed by atoms with E-state index in [0.29, 0.717) is 17.9 Å². The van der Waals surface area contributed by atoms with Gasteiger partial charge in [0.1, 0.15) is 11.5 Å². The van der Waals surface area contributed by atoms with E-state index in [1.165, 1.54) is 12.0 Å². The molecule has 0 aromatic carbocycles. The second-order valence-electron chi connectivity index (χ2n) is 3.84. The van der Waals surface area contributed by atoms with Crippen molar-refractivity contribution in [3.8, 4) is 0 Å². The van der Waals surface area contributed by atoms with Crippen LogP contribution in [-0.4, -0.2) is 15.8 Å². The van der Waals surface area contributed by atoms with E-state index in [0.717, 1.165) is 12.8 Å². The fourth-order valence-corrected chi connectivity index (χ4v) is 1.81. The number of ketones is 1. The highest BCUT2D eigenvalue weighted by atomic mass is 16.1. The molecule has 0 spiro atoms. The maximum Gasteiger partial charge on any atom is 0.185 e. The first-order chi connectivity index (χ1) is 7.25. The van der Waals surface area contributed by atoms with E-state index in [1.807, 2.05) is 0 Å². The fraction of sp³-hybridized carbons (Fsp3) is 0.417. The number of carbonyl (C=O) groups is 1. The Morgan fingerprint density at radius 2 is 2.40 bits per heavy atom. The van der Waals surface area contributed by atoms with Crippen LogP contribution >= 0.6 is 0 Å². The highest BCUT2D eigenvalue weighted by Crippen LogP contribution is 2.21. The number of nitrogens with zero attached hydrogens (tertiary/aromatic N) is 2. The van der Waals surface area contributed by atoms with Crippen molar-refractivity contribution in [1.82, 2.24) is 9.97 Å². The van der Waals surface area contributed by atoms with Crippen molar-refractivity contribution in [2.24, 2.45) is 0 Å². The SMILES string of the molecule is Cc1nccc(C(=O)CC2=CCCC2)n1. The molecule has 1 aliphatic carbocycles. The molecule has 0 bridgehead atoms. The summed E-state index contributed by atoms with van der Waals surface area (Å²) in [4.78, 5) is 19.9. The van der Waals surface area contributed by atoms with Crippen LogP contribution in [0.2, 0.25) is 0 Å². The molecular weight excluding hydrogens is 188 g/mol. The lowest BCUT2D eigenvalue weighted by atomic mass is 10.1. The molecule has 0 aliphatic heterocycles. The molecule has 0 amide bonds. The van der Waals surface area contributed by atoms with E-state index < -0.39 is 0 Å². The van der Waals surface area contributed by atoms with E-state index in [-0.39, 0.29) is 5.78 Å². The van der Waals surface area contributed by atoms with E-state index in [4.69, 9.17) is 0 Å². The van der Waals surface area contributed by atoms with Crippen LogP contribution in [0, 0.1) is 6.92 Å². The standard InChI is InChI=1S/C12H14N2O/c1-9-13-7-6-11(14-9)12(15)8-10-4-2-3-5-10/h4,6-7H,2-3,5,8H2,1H3. The zero-order valence-corrected chi connectivity index (χ0v) is 8.86. The Morgan fingerprint density at radius 1 is 1.53 bits per heavy atom. The lowest BCUT2D eigenvalue weighted by molar-refractivity contribution is 0.0987. The average molecular weight is 202 g/mol. The van der Waals surface area contributed by atoms with Crippen molar-refractivity contribution in [2.45, 2.75) is 32.6 Å². The predicted octanol–water partition coefficient (Wildman–Crippen LogP) is 2.47. The van der Waals surface area contributed by atoms with Gasteiger partial charge in [-0.2, -0.15) is 0 Å². The van der Waals surface area contributed by atoms with Crippen LogP contribution in [0.1, 0.15) is 42.0 Å². The lowest BCUT2D eigenvalue weighted by Crippen LogP contribution is -2.04. The van der Waals surface area contributed by atoms with Crippen molar-refractivity contribution < 1.29 is 4.79 Å². The van der Waals surface area contributed by atoms with Crippen LogP contribution in [0.4, 0.5) is 0 Å². The molecule has 15 heavy (non-hydrogen) atoms. The number of aryl methyl sites for hydroxylation is 1. The number of allylic oxidation sites excluding steroid dienone is 2. The second-order valence-corrected chi connectivity index (χ2v) is 3.84. The largest absolute Gasteiger partial charge is 0.292 e. The summed E-state index contributed by atoms with van der Waals surface area (Å²) in [6.45, 7) is 1.80. The molecule has 0 unspecified atom stereocenters. The minimum atomic E-state index is 0.105. The molecule has 3 nitrogen and oxygen atoms in total. The molecule has 0 fully saturated rings. The van der Waals surface area contributed by atoms with Gasteiger partial charge in [-0.05, 0) is 32.3 Å². The smallest absolute Gasteiger partial charge is 0.185 e. The summed E-state index contributed by atoms with van der Waals surface area (Å²) in [5.74, 6) is 0.759. The molecule has 1 aromatic rings. The first-order valence-electron chi connectivity index (χ1n) is 5.26. The van der Waals surface area contributed by atoms with Crippen LogP contribution in [0.25, 0.3) is 0 Å². The van der Waals surface area contributed by atoms with Gasteiger partial charge in [-0.3, -0.25) is 4.79 Å². The van der Waals surface area contributed by atoms with E-state index in [2.05, 4.69) is 16.0 Å². The summed E-state index contributed by atoms with van der Waals surface area (Å²) < 4.78 is 0. The van der Waals surface area contributed by atoms with Crippen molar-refractivity contribution in [3.63, 3.8) is 0 Å². The molecule has 0 radical (unpaired) electrons. The van der Waals surface area contributed by atoms with Crippen molar-refractivity contribution >= 4 is 5.78 Å². The van der Waals surface area contributed by atoms with Crippen molar-refractivity contribution in [2.75, 3.05) is 0 Å². The monoisotopic (exact) mass is 202 g/mol. The zero-order valence-electron chi connectivity index (χ0n) is 8.86. The van der Waals surface area contributed by atoms with Gasteiger partial charge in [-0.1, -0.05) is 11.6 Å². The molecule has 78 valence electrons. The summed E-state index contributed by atoms with van der Waals surface area (Å²) in [6.07, 6.45) is 7.70. The van der Waals surface area contributed by atoms with Gasteiger partial charge in [0.25, 0.3) is 0 Å². The Bertz CT molecular complexity index is 410. The summed E-state index contributed by atoms with van der Waals surface area (Å²) in [6, 6.07) is 1.69. The van der Waals surface area contributed by atoms with Gasteiger partial charge in [0.05, 0.1) is 0 Å². The minimum Gasteiger partial charge on any atom is -0.292 e. The maximum atomic E-state index is 11.8. The number of hydrogen-bond acceptors (Lipinski definition) is 3. The normalized spacial score (nSPS) is 15.1. The predicted molar refractivity (Wildman–Crippen MR) is 57.7 cm³/mol. The van der Waals surface area contributed by atoms with Crippen molar-refractivity contribution in [3.05, 3.63) is 35.4 Å². The third-order valence-electron chi connectivity index (χ3n) is 2.58. The van der Waals surface area contributed by atoms with Gasteiger partial charge in [0.2, 0.25) is 0 Å². The van der Waals surface area contributed by atoms with Gasteiger partial charge in [0.15, 0.2) is 5.78 Å². The van der Waals surface area contributed by atoms with Crippen LogP contribution in [0.3, 0.4) is 0 Å². The highest BCUT2D eigenvalue weighted by Gasteiger charge is 2.12. The number of hydrogen-bond donors (Lipinski definition) is 0. The first kappa shape index (κ1) is 10.0. The molecule has 1 heterocycles. The Labute approximate surface area is 89.3 Å². The maximum absolute atomic E-state index is 11.8. The summed E-state index contributed by atoms with van der Waals surface area (Å²) in [5, 5.41) is 0. The van der Waals surface area contributed by atoms with Gasteiger partial charge >= 0.3 is 0 Å². The number of Topliss-reactive ketones (excluding diaryl/α,β-unsaturated/α-hetero) is 1. The van der Waals surface area contributed by atoms with Crippen LogP contribution in [-0.2, 0) is 0 Å². The molecule has 1 aliphatic rings. The average Bonchev–Trinajstić information content (AvgIpc) is 2.70. The quantitative estimate of drug-likeness (QED) is 0.558. The summed E-state index contributed by atoms with van der Waals surface area (Å²) >= 11 is 0. The number of rotatable bonds is 3. The summed E-state index contributed by atoms with van der Waals surface area (Å²) in [7, 11) is 0. The van der Waals surface area contributed by atoms with Crippen LogP contribution in [0.5, 0.6) is 0 Å². The van der Waals surface area contributed by atoms with Gasteiger partial charge in [-0.25, -0.2) is 9.97 Å². The number of aromatic nitrogens is 2. The Hall–Kier alpha value is -1.51. The Balaban J connectivity index is 2.07. The number of carbonyl (C=O) groups excluding carboxylic acids is 1. The van der Waals surface area contributed by atoms with Crippen molar-refractivity contribution in [1.29, 1.82) is 0 Å². The van der Waals surface area contributed by atoms with Gasteiger partial charge in [0, 0.05) is 12.6 Å². The molecule has 2 rings (SSSR count). The van der Waals surface area contributed by atoms with E-state index in [1.54, 1.807) is 19.2 Å². The molecule has 0 saturated carbocycles. The Morgan fingerprint density at radius 3 is 3.07 bits per heavy atom. The zero-order chi connectivity index (χ0) is 10.7. The second kappa shape index (κ2) is 4.34. The molecule has 0 N–H and O–H groups in total. The van der Waals surface area contributed by atoms with Gasteiger partial charge in [-0.15, -0.1) is 0 Å². The van der Waals surface area contributed by atoms with Crippen LogP contribution < -0.4 is 0 Å². The minimum absolute atomic E-state index is 0.105. The topological polar surface area (TPSA) is 42.9 Å². The molecular formula is C12H14N2O.